The Hall–Kier alpha value is -1.77. The van der Waals surface area contributed by atoms with E-state index in [0.717, 1.165) is 47.9 Å². The standard InChI is InChI=1S/C20H30N4O3S/c1-12-13(2)28-18-15(12)17(23-16(19(25)26-6)20(3,4)5)21-14(22-18)11-24-7-9-27-10-8-24/h16H,7-11H2,1-6H3,(H,21,22,23)/t16-/m1/s1. The summed E-state index contributed by atoms with van der Waals surface area (Å²) >= 11 is 1.67. The number of anilines is 1. The summed E-state index contributed by atoms with van der Waals surface area (Å²) in [5.41, 5.74) is 0.825. The largest absolute Gasteiger partial charge is 0.467 e. The normalized spacial score (nSPS) is 16.9. The molecule has 1 saturated heterocycles. The van der Waals surface area contributed by atoms with E-state index in [4.69, 9.17) is 19.4 Å². The summed E-state index contributed by atoms with van der Waals surface area (Å²) < 4.78 is 10.5. The minimum absolute atomic E-state index is 0.293. The molecule has 1 aliphatic rings. The molecule has 2 aromatic heterocycles. The molecule has 3 rings (SSSR count). The van der Waals surface area contributed by atoms with E-state index in [-0.39, 0.29) is 11.4 Å². The van der Waals surface area contributed by atoms with Gasteiger partial charge in [-0.05, 0) is 24.8 Å². The van der Waals surface area contributed by atoms with Gasteiger partial charge in [0.05, 0.1) is 32.3 Å². The van der Waals surface area contributed by atoms with Crippen molar-refractivity contribution in [1.82, 2.24) is 14.9 Å². The van der Waals surface area contributed by atoms with E-state index in [1.165, 1.54) is 12.0 Å². The van der Waals surface area contributed by atoms with E-state index >= 15 is 0 Å². The molecule has 8 heteroatoms. The van der Waals surface area contributed by atoms with Gasteiger partial charge in [0.25, 0.3) is 0 Å². The van der Waals surface area contributed by atoms with Gasteiger partial charge in [0, 0.05) is 18.0 Å². The average molecular weight is 407 g/mol. The van der Waals surface area contributed by atoms with E-state index < -0.39 is 6.04 Å². The number of thiophene rings is 1. The number of ether oxygens (including phenoxy) is 2. The molecule has 28 heavy (non-hydrogen) atoms. The molecular weight excluding hydrogens is 376 g/mol. The van der Waals surface area contributed by atoms with Crippen molar-refractivity contribution in [2.24, 2.45) is 5.41 Å². The Labute approximate surface area is 170 Å². The van der Waals surface area contributed by atoms with Crippen molar-refractivity contribution < 1.29 is 14.3 Å². The number of fused-ring (bicyclic) bond motifs is 1. The average Bonchev–Trinajstić information content (AvgIpc) is 2.93. The maximum atomic E-state index is 12.4. The third-order valence-corrected chi connectivity index (χ3v) is 6.23. The van der Waals surface area contributed by atoms with Crippen LogP contribution in [0.25, 0.3) is 10.2 Å². The first-order valence-corrected chi connectivity index (χ1v) is 10.4. The number of carbonyl (C=O) groups is 1. The van der Waals surface area contributed by atoms with Crippen LogP contribution in [-0.4, -0.2) is 60.3 Å². The maximum Gasteiger partial charge on any atom is 0.328 e. The zero-order chi connectivity index (χ0) is 20.5. The molecule has 0 aliphatic carbocycles. The molecule has 7 nitrogen and oxygen atoms in total. The highest BCUT2D eigenvalue weighted by Crippen LogP contribution is 2.35. The topological polar surface area (TPSA) is 76.6 Å². The number of morpholine rings is 1. The fourth-order valence-corrected chi connectivity index (χ4v) is 4.36. The van der Waals surface area contributed by atoms with Crippen LogP contribution in [0, 0.1) is 19.3 Å². The van der Waals surface area contributed by atoms with Gasteiger partial charge in [0.15, 0.2) is 0 Å². The highest BCUT2D eigenvalue weighted by molar-refractivity contribution is 7.18. The Balaban J connectivity index is 2.01. The Kier molecular flexibility index (Phi) is 6.21. The number of carbonyl (C=O) groups excluding carboxylic acids is 1. The fourth-order valence-electron chi connectivity index (χ4n) is 3.31. The smallest absolute Gasteiger partial charge is 0.328 e. The number of rotatable bonds is 5. The minimum atomic E-state index is -0.508. The molecular formula is C20H30N4O3S. The van der Waals surface area contributed by atoms with Crippen molar-refractivity contribution in [1.29, 1.82) is 0 Å². The molecule has 0 radical (unpaired) electrons. The van der Waals surface area contributed by atoms with Crippen molar-refractivity contribution in [3.63, 3.8) is 0 Å². The predicted molar refractivity (Wildman–Crippen MR) is 112 cm³/mol. The van der Waals surface area contributed by atoms with Crippen LogP contribution >= 0.6 is 11.3 Å². The lowest BCUT2D eigenvalue weighted by molar-refractivity contribution is -0.143. The zero-order valence-corrected chi connectivity index (χ0v) is 18.4. The van der Waals surface area contributed by atoms with Crippen molar-refractivity contribution in [2.45, 2.75) is 47.2 Å². The summed E-state index contributed by atoms with van der Waals surface area (Å²) in [4.78, 5) is 26.5. The third kappa shape index (κ3) is 4.45. The molecule has 0 aromatic carbocycles. The number of aryl methyl sites for hydroxylation is 2. The Morgan fingerprint density at radius 1 is 1.29 bits per heavy atom. The molecule has 154 valence electrons. The van der Waals surface area contributed by atoms with Gasteiger partial charge in [-0.1, -0.05) is 20.8 Å². The van der Waals surface area contributed by atoms with Crippen LogP contribution < -0.4 is 5.32 Å². The third-order valence-electron chi connectivity index (χ3n) is 5.13. The summed E-state index contributed by atoms with van der Waals surface area (Å²) in [7, 11) is 1.42. The zero-order valence-electron chi connectivity index (χ0n) is 17.6. The number of nitrogens with zero attached hydrogens (tertiary/aromatic N) is 3. The second-order valence-corrected chi connectivity index (χ2v) is 9.51. The summed E-state index contributed by atoms with van der Waals surface area (Å²) in [6, 6.07) is -0.508. The number of aromatic nitrogens is 2. The van der Waals surface area contributed by atoms with E-state index in [9.17, 15) is 4.79 Å². The van der Waals surface area contributed by atoms with Gasteiger partial charge in [-0.2, -0.15) is 0 Å². The number of esters is 1. The first kappa shape index (κ1) is 21.0. The lowest BCUT2D eigenvalue weighted by atomic mass is 9.86. The second kappa shape index (κ2) is 8.31. The highest BCUT2D eigenvalue weighted by Gasteiger charge is 2.33. The van der Waals surface area contributed by atoms with E-state index in [1.807, 2.05) is 20.8 Å². The monoisotopic (exact) mass is 406 g/mol. The number of methoxy groups -OCH3 is 1. The molecule has 0 bridgehead atoms. The fraction of sp³-hybridized carbons (Fsp3) is 0.650. The summed E-state index contributed by atoms with van der Waals surface area (Å²) in [6.45, 7) is 14.1. The van der Waals surface area contributed by atoms with E-state index in [2.05, 4.69) is 24.1 Å². The molecule has 1 fully saturated rings. The van der Waals surface area contributed by atoms with Crippen molar-refractivity contribution >= 4 is 33.3 Å². The van der Waals surface area contributed by atoms with Gasteiger partial charge < -0.3 is 14.8 Å². The van der Waals surface area contributed by atoms with Gasteiger partial charge in [-0.15, -0.1) is 11.3 Å². The summed E-state index contributed by atoms with van der Waals surface area (Å²) in [5.74, 6) is 1.18. The minimum Gasteiger partial charge on any atom is -0.467 e. The van der Waals surface area contributed by atoms with Crippen LogP contribution in [-0.2, 0) is 20.8 Å². The predicted octanol–water partition coefficient (Wildman–Crippen LogP) is 3.14. The second-order valence-electron chi connectivity index (χ2n) is 8.31. The maximum absolute atomic E-state index is 12.4. The van der Waals surface area contributed by atoms with Crippen LogP contribution in [0.4, 0.5) is 5.82 Å². The molecule has 0 amide bonds. The SMILES string of the molecule is COC(=O)[C@@H](Nc1nc(CN2CCOCC2)nc2sc(C)c(C)c12)C(C)(C)C. The van der Waals surface area contributed by atoms with Crippen molar-refractivity contribution in [2.75, 3.05) is 38.7 Å². The molecule has 1 N–H and O–H groups in total. The molecule has 0 spiro atoms. The Bertz CT molecular complexity index is 853. The van der Waals surface area contributed by atoms with Crippen LogP contribution in [0.1, 0.15) is 37.0 Å². The molecule has 1 aliphatic heterocycles. The van der Waals surface area contributed by atoms with Gasteiger partial charge in [-0.3, -0.25) is 4.90 Å². The Morgan fingerprint density at radius 3 is 2.57 bits per heavy atom. The lowest BCUT2D eigenvalue weighted by Crippen LogP contribution is -2.42. The van der Waals surface area contributed by atoms with Crippen LogP contribution in [0.5, 0.6) is 0 Å². The van der Waals surface area contributed by atoms with E-state index in [1.54, 1.807) is 11.3 Å². The number of hydrogen-bond donors (Lipinski definition) is 1. The van der Waals surface area contributed by atoms with E-state index in [0.29, 0.717) is 12.4 Å². The first-order chi connectivity index (χ1) is 13.2. The quantitative estimate of drug-likeness (QED) is 0.765. The molecule has 0 saturated carbocycles. The van der Waals surface area contributed by atoms with Crippen LogP contribution in [0.2, 0.25) is 0 Å². The van der Waals surface area contributed by atoms with Crippen LogP contribution in [0.15, 0.2) is 0 Å². The van der Waals surface area contributed by atoms with Gasteiger partial charge in [0.2, 0.25) is 0 Å². The van der Waals surface area contributed by atoms with Crippen LogP contribution in [0.3, 0.4) is 0 Å². The molecule has 2 aromatic rings. The first-order valence-electron chi connectivity index (χ1n) is 9.61. The van der Waals surface area contributed by atoms with Crippen molar-refractivity contribution in [3.05, 3.63) is 16.3 Å². The molecule has 0 unspecified atom stereocenters. The lowest BCUT2D eigenvalue weighted by Gasteiger charge is -2.30. The van der Waals surface area contributed by atoms with Gasteiger partial charge >= 0.3 is 5.97 Å². The Morgan fingerprint density at radius 2 is 1.96 bits per heavy atom. The van der Waals surface area contributed by atoms with Crippen molar-refractivity contribution in [3.8, 4) is 0 Å². The van der Waals surface area contributed by atoms with Gasteiger partial charge in [0.1, 0.15) is 22.5 Å². The summed E-state index contributed by atoms with van der Waals surface area (Å²) in [5, 5.41) is 4.37. The molecule has 1 atom stereocenters. The number of nitrogens with one attached hydrogen (secondary N) is 1. The highest BCUT2D eigenvalue weighted by atomic mass is 32.1. The van der Waals surface area contributed by atoms with Gasteiger partial charge in [-0.25, -0.2) is 14.8 Å². The summed E-state index contributed by atoms with van der Waals surface area (Å²) in [6.07, 6.45) is 0. The molecule has 3 heterocycles. The number of hydrogen-bond acceptors (Lipinski definition) is 8.